The van der Waals surface area contributed by atoms with Crippen molar-refractivity contribution in [3.8, 4) is 0 Å². The summed E-state index contributed by atoms with van der Waals surface area (Å²) in [6.07, 6.45) is 0.0215. The Morgan fingerprint density at radius 1 is 1.06 bits per heavy atom. The van der Waals surface area contributed by atoms with E-state index >= 15 is 0 Å². The summed E-state index contributed by atoms with van der Waals surface area (Å²) < 4.78 is 5.85. The van der Waals surface area contributed by atoms with Crippen LogP contribution in [0.2, 0.25) is 0 Å². The lowest BCUT2D eigenvalue weighted by Crippen LogP contribution is -2.43. The van der Waals surface area contributed by atoms with Gasteiger partial charge in [-0.3, -0.25) is 30.0 Å². The number of aryl methyl sites for hydroxylation is 2. The van der Waals surface area contributed by atoms with Crippen LogP contribution in [0.15, 0.2) is 46.9 Å². The first-order valence-electron chi connectivity index (χ1n) is 9.63. The number of ether oxygens (including phenoxy) is 1. The minimum Gasteiger partial charge on any atom is -0.455 e. The van der Waals surface area contributed by atoms with Crippen molar-refractivity contribution < 1.29 is 23.9 Å². The first-order chi connectivity index (χ1) is 14.7. The molecule has 1 heterocycles. The maximum atomic E-state index is 12.3. The van der Waals surface area contributed by atoms with Gasteiger partial charge in [0.15, 0.2) is 6.61 Å². The van der Waals surface area contributed by atoms with E-state index in [2.05, 4.69) is 26.8 Å². The molecule has 2 aromatic rings. The fourth-order valence-corrected chi connectivity index (χ4v) is 3.36. The maximum Gasteiger partial charge on any atom is 0.311 e. The second-order valence-corrected chi connectivity index (χ2v) is 8.21. The van der Waals surface area contributed by atoms with Gasteiger partial charge in [-0.1, -0.05) is 22.0 Å². The highest BCUT2D eigenvalue weighted by atomic mass is 79.9. The monoisotopic (exact) mass is 487 g/mol. The van der Waals surface area contributed by atoms with Gasteiger partial charge in [-0.05, 0) is 61.4 Å². The molecule has 1 aliphatic rings. The number of esters is 1. The Morgan fingerprint density at radius 2 is 1.77 bits per heavy atom. The molecule has 1 fully saturated rings. The highest BCUT2D eigenvalue weighted by Gasteiger charge is 2.36. The molecule has 0 radical (unpaired) electrons. The minimum absolute atomic E-state index is 0.0215. The number of carbonyl (C=O) groups excluding carboxylic acids is 4. The molecule has 8 nitrogen and oxygen atoms in total. The quantitative estimate of drug-likeness (QED) is 0.497. The summed E-state index contributed by atoms with van der Waals surface area (Å²) >= 11 is 3.27. The topological polar surface area (TPSA) is 105 Å². The number of nitrogens with one attached hydrogen (secondary N) is 2. The van der Waals surface area contributed by atoms with Crippen LogP contribution in [0.3, 0.4) is 0 Å². The van der Waals surface area contributed by atoms with Crippen LogP contribution in [0, 0.1) is 19.8 Å². The van der Waals surface area contributed by atoms with Crippen LogP contribution in [-0.2, 0) is 19.1 Å². The molecule has 2 N–H and O–H groups in total. The van der Waals surface area contributed by atoms with Gasteiger partial charge in [-0.25, -0.2) is 0 Å². The number of hydrazine groups is 1. The van der Waals surface area contributed by atoms with Crippen LogP contribution in [0.1, 0.15) is 27.9 Å². The fraction of sp³-hybridized carbons (Fsp3) is 0.273. The average Bonchev–Trinajstić information content (AvgIpc) is 3.14. The third-order valence-corrected chi connectivity index (χ3v) is 5.56. The van der Waals surface area contributed by atoms with E-state index in [1.165, 1.54) is 0 Å². The summed E-state index contributed by atoms with van der Waals surface area (Å²) in [6, 6.07) is 12.2. The SMILES string of the molecule is Cc1ccc(N2C[C@H](C(=O)OCC(=O)NNC(=O)c3ccc(Br)cc3)CC2=O)cc1C. The molecule has 3 amide bonds. The largest absolute Gasteiger partial charge is 0.455 e. The number of halogens is 1. The van der Waals surface area contributed by atoms with Gasteiger partial charge in [0, 0.05) is 28.7 Å². The lowest BCUT2D eigenvalue weighted by molar-refractivity contribution is -0.152. The maximum absolute atomic E-state index is 12.3. The van der Waals surface area contributed by atoms with Crippen LogP contribution in [0.25, 0.3) is 0 Å². The smallest absolute Gasteiger partial charge is 0.311 e. The van der Waals surface area contributed by atoms with Gasteiger partial charge >= 0.3 is 5.97 Å². The zero-order valence-corrected chi connectivity index (χ0v) is 18.7. The standard InChI is InChI=1S/C22H22BrN3O5/c1-13-3-8-18(9-14(13)2)26-11-16(10-20(26)28)22(30)31-12-19(27)24-25-21(29)15-4-6-17(23)7-5-15/h3-9,16H,10-12H2,1-2H3,(H,24,27)(H,25,29)/t16-/m1/s1. The summed E-state index contributed by atoms with van der Waals surface area (Å²) in [4.78, 5) is 50.1. The minimum atomic E-state index is -0.686. The molecule has 0 saturated carbocycles. The van der Waals surface area contributed by atoms with Crippen molar-refractivity contribution in [3.05, 3.63) is 63.6 Å². The molecule has 1 saturated heterocycles. The number of hydrogen-bond acceptors (Lipinski definition) is 5. The van der Waals surface area contributed by atoms with E-state index in [-0.39, 0.29) is 18.9 Å². The number of anilines is 1. The summed E-state index contributed by atoms with van der Waals surface area (Å²) in [5.74, 6) is -2.64. The molecule has 162 valence electrons. The van der Waals surface area contributed by atoms with Crippen molar-refractivity contribution in [1.82, 2.24) is 10.9 Å². The Hall–Kier alpha value is -3.20. The number of hydrogen-bond donors (Lipinski definition) is 2. The molecular weight excluding hydrogens is 466 g/mol. The van der Waals surface area contributed by atoms with Crippen molar-refractivity contribution in [3.63, 3.8) is 0 Å². The summed E-state index contributed by atoms with van der Waals surface area (Å²) in [7, 11) is 0. The van der Waals surface area contributed by atoms with Crippen molar-refractivity contribution in [1.29, 1.82) is 0 Å². The molecule has 0 bridgehead atoms. The van der Waals surface area contributed by atoms with Gasteiger partial charge in [-0.2, -0.15) is 0 Å². The fourth-order valence-electron chi connectivity index (χ4n) is 3.10. The van der Waals surface area contributed by atoms with Gasteiger partial charge in [-0.15, -0.1) is 0 Å². The van der Waals surface area contributed by atoms with Gasteiger partial charge < -0.3 is 9.64 Å². The third-order valence-electron chi connectivity index (χ3n) is 5.03. The third kappa shape index (κ3) is 5.69. The van der Waals surface area contributed by atoms with E-state index in [9.17, 15) is 19.2 Å². The Bertz CT molecular complexity index is 1020. The van der Waals surface area contributed by atoms with E-state index in [0.717, 1.165) is 21.3 Å². The molecule has 1 aliphatic heterocycles. The second-order valence-electron chi connectivity index (χ2n) is 7.29. The predicted octanol–water partition coefficient (Wildman–Crippen LogP) is 2.42. The average molecular weight is 488 g/mol. The first kappa shape index (κ1) is 22.5. The second kappa shape index (κ2) is 9.74. The number of carbonyl (C=O) groups is 4. The molecule has 0 unspecified atom stereocenters. The first-order valence-corrected chi connectivity index (χ1v) is 10.4. The van der Waals surface area contributed by atoms with Crippen LogP contribution in [0.5, 0.6) is 0 Å². The van der Waals surface area contributed by atoms with Crippen LogP contribution < -0.4 is 15.8 Å². The van der Waals surface area contributed by atoms with Crippen LogP contribution >= 0.6 is 15.9 Å². The van der Waals surface area contributed by atoms with Crippen molar-refractivity contribution in [2.45, 2.75) is 20.3 Å². The lowest BCUT2D eigenvalue weighted by Gasteiger charge is -2.17. The molecule has 31 heavy (non-hydrogen) atoms. The molecule has 9 heteroatoms. The normalized spacial score (nSPS) is 15.5. The van der Waals surface area contributed by atoms with Gasteiger partial charge in [0.05, 0.1) is 5.92 Å². The van der Waals surface area contributed by atoms with E-state index in [1.807, 2.05) is 32.0 Å². The Labute approximate surface area is 188 Å². The molecule has 0 spiro atoms. The van der Waals surface area contributed by atoms with Crippen molar-refractivity contribution >= 4 is 45.3 Å². The molecule has 1 atom stereocenters. The molecule has 0 aliphatic carbocycles. The lowest BCUT2D eigenvalue weighted by atomic mass is 10.1. The molecule has 2 aromatic carbocycles. The zero-order valence-electron chi connectivity index (χ0n) is 17.1. The highest BCUT2D eigenvalue weighted by Crippen LogP contribution is 2.27. The number of rotatable bonds is 5. The number of amides is 3. The van der Waals surface area contributed by atoms with Crippen LogP contribution in [-0.4, -0.2) is 36.8 Å². The molecular formula is C22H22BrN3O5. The molecule has 3 rings (SSSR count). The predicted molar refractivity (Wildman–Crippen MR) is 117 cm³/mol. The van der Waals surface area contributed by atoms with Crippen molar-refractivity contribution in [2.24, 2.45) is 5.92 Å². The van der Waals surface area contributed by atoms with E-state index in [4.69, 9.17) is 4.74 Å². The van der Waals surface area contributed by atoms with Gasteiger partial charge in [0.25, 0.3) is 11.8 Å². The van der Waals surface area contributed by atoms with Crippen molar-refractivity contribution in [2.75, 3.05) is 18.1 Å². The van der Waals surface area contributed by atoms with Gasteiger partial charge in [0.1, 0.15) is 0 Å². The zero-order chi connectivity index (χ0) is 22.5. The number of nitrogens with zero attached hydrogens (tertiary/aromatic N) is 1. The number of benzene rings is 2. The Kier molecular flexibility index (Phi) is 7.06. The Balaban J connectivity index is 1.46. The van der Waals surface area contributed by atoms with E-state index in [0.29, 0.717) is 5.56 Å². The summed E-state index contributed by atoms with van der Waals surface area (Å²) in [6.45, 7) is 3.58. The Morgan fingerprint density at radius 3 is 2.45 bits per heavy atom. The van der Waals surface area contributed by atoms with Gasteiger partial charge in [0.2, 0.25) is 5.91 Å². The molecule has 0 aromatic heterocycles. The van der Waals surface area contributed by atoms with Crippen LogP contribution in [0.4, 0.5) is 5.69 Å². The van der Waals surface area contributed by atoms with E-state index < -0.39 is 30.3 Å². The van der Waals surface area contributed by atoms with E-state index in [1.54, 1.807) is 29.2 Å². The summed E-state index contributed by atoms with van der Waals surface area (Å²) in [5.41, 5.74) is 7.70. The summed E-state index contributed by atoms with van der Waals surface area (Å²) in [5, 5.41) is 0. The highest BCUT2D eigenvalue weighted by molar-refractivity contribution is 9.10.